The molecular weight excluding hydrogens is 226 g/mol. The van der Waals surface area contributed by atoms with Crippen LogP contribution < -0.4 is 5.32 Å². The molecule has 6 N–H and O–H groups in total. The SMILES string of the molecule is OC[C@@H](O)[C@@H](O)[C@@H]1NC(=S)OC(O)[C@@H]1O. The summed E-state index contributed by atoms with van der Waals surface area (Å²) in [4.78, 5) is 0. The predicted molar refractivity (Wildman–Crippen MR) is 51.7 cm³/mol. The van der Waals surface area contributed by atoms with Crippen LogP contribution in [0.3, 0.4) is 0 Å². The second-order valence-electron chi connectivity index (χ2n) is 3.20. The van der Waals surface area contributed by atoms with Crippen molar-refractivity contribution in [2.75, 3.05) is 6.61 Å². The van der Waals surface area contributed by atoms with E-state index >= 15 is 0 Å². The molecule has 1 aliphatic heterocycles. The number of rotatable bonds is 3. The third-order valence-electron chi connectivity index (χ3n) is 2.12. The Hall–Kier alpha value is -0.510. The van der Waals surface area contributed by atoms with E-state index in [4.69, 9.17) is 15.3 Å². The summed E-state index contributed by atoms with van der Waals surface area (Å²) >= 11 is 4.60. The first kappa shape index (κ1) is 12.6. The number of hydrogen-bond donors (Lipinski definition) is 6. The van der Waals surface area contributed by atoms with Gasteiger partial charge in [-0.1, -0.05) is 0 Å². The lowest BCUT2D eigenvalue weighted by atomic mass is 9.99. The molecule has 0 aromatic carbocycles. The molecule has 88 valence electrons. The molecule has 0 bridgehead atoms. The van der Waals surface area contributed by atoms with Crippen molar-refractivity contribution in [3.8, 4) is 0 Å². The van der Waals surface area contributed by atoms with E-state index in [9.17, 15) is 10.2 Å². The molecule has 1 fully saturated rings. The van der Waals surface area contributed by atoms with Gasteiger partial charge < -0.3 is 35.6 Å². The van der Waals surface area contributed by atoms with Crippen molar-refractivity contribution in [2.24, 2.45) is 0 Å². The van der Waals surface area contributed by atoms with Crippen molar-refractivity contribution in [3.63, 3.8) is 0 Å². The second kappa shape index (κ2) is 5.01. The largest absolute Gasteiger partial charge is 0.438 e. The molecule has 15 heavy (non-hydrogen) atoms. The minimum absolute atomic E-state index is 0.193. The van der Waals surface area contributed by atoms with Gasteiger partial charge >= 0.3 is 0 Å². The molecule has 1 aliphatic rings. The van der Waals surface area contributed by atoms with Crippen molar-refractivity contribution in [3.05, 3.63) is 0 Å². The van der Waals surface area contributed by atoms with E-state index in [1.54, 1.807) is 0 Å². The molecule has 0 amide bonds. The molecule has 0 aliphatic carbocycles. The third kappa shape index (κ3) is 2.74. The Morgan fingerprint density at radius 1 is 1.40 bits per heavy atom. The van der Waals surface area contributed by atoms with Crippen molar-refractivity contribution in [2.45, 2.75) is 30.6 Å². The normalized spacial score (nSPS) is 35.3. The van der Waals surface area contributed by atoms with Crippen LogP contribution in [0.25, 0.3) is 0 Å². The summed E-state index contributed by atoms with van der Waals surface area (Å²) in [5.74, 6) is 0. The van der Waals surface area contributed by atoms with Gasteiger partial charge in [0.05, 0.1) is 12.6 Å². The summed E-state index contributed by atoms with van der Waals surface area (Å²) in [6, 6.07) is -1.09. The minimum Gasteiger partial charge on any atom is -0.438 e. The molecule has 0 aromatic heterocycles. The van der Waals surface area contributed by atoms with Crippen molar-refractivity contribution < 1.29 is 30.3 Å². The molecular formula is C7H13NO6S. The van der Waals surface area contributed by atoms with Crippen LogP contribution in [0.1, 0.15) is 0 Å². The van der Waals surface area contributed by atoms with Crippen LogP contribution in [-0.4, -0.2) is 68.0 Å². The summed E-state index contributed by atoms with van der Waals surface area (Å²) < 4.78 is 4.56. The van der Waals surface area contributed by atoms with E-state index in [1.807, 2.05) is 0 Å². The van der Waals surface area contributed by atoms with Gasteiger partial charge in [0.25, 0.3) is 5.17 Å². The average molecular weight is 239 g/mol. The molecule has 1 heterocycles. The molecule has 7 nitrogen and oxygen atoms in total. The van der Waals surface area contributed by atoms with Gasteiger partial charge in [-0.05, 0) is 12.2 Å². The van der Waals surface area contributed by atoms with Gasteiger partial charge in [-0.3, -0.25) is 0 Å². The zero-order valence-corrected chi connectivity index (χ0v) is 8.46. The second-order valence-corrected chi connectivity index (χ2v) is 3.57. The fraction of sp³-hybridized carbons (Fsp3) is 0.857. The Balaban J connectivity index is 2.70. The monoisotopic (exact) mass is 239 g/mol. The van der Waals surface area contributed by atoms with E-state index in [2.05, 4.69) is 22.3 Å². The number of thiocarbonyl (C=S) groups is 1. The van der Waals surface area contributed by atoms with Gasteiger partial charge in [-0.15, -0.1) is 0 Å². The smallest absolute Gasteiger partial charge is 0.259 e. The van der Waals surface area contributed by atoms with Crippen LogP contribution in [0, 0.1) is 0 Å². The number of nitrogens with one attached hydrogen (secondary N) is 1. The number of aliphatic hydroxyl groups is 5. The molecule has 0 aromatic rings. The van der Waals surface area contributed by atoms with Gasteiger partial charge in [0.2, 0.25) is 6.29 Å². The lowest BCUT2D eigenvalue weighted by Crippen LogP contribution is -2.63. The van der Waals surface area contributed by atoms with E-state index in [0.717, 1.165) is 0 Å². The first-order chi connectivity index (χ1) is 6.97. The summed E-state index contributed by atoms with van der Waals surface area (Å²) in [5.41, 5.74) is 0. The van der Waals surface area contributed by atoms with E-state index in [0.29, 0.717) is 0 Å². The van der Waals surface area contributed by atoms with Crippen LogP contribution in [0.5, 0.6) is 0 Å². The van der Waals surface area contributed by atoms with Crippen molar-refractivity contribution >= 4 is 17.4 Å². The molecule has 1 unspecified atom stereocenters. The van der Waals surface area contributed by atoms with E-state index < -0.39 is 37.3 Å². The lowest BCUT2D eigenvalue weighted by Gasteiger charge is -2.37. The minimum atomic E-state index is -1.57. The van der Waals surface area contributed by atoms with Crippen LogP contribution >= 0.6 is 12.2 Å². The Bertz CT molecular complexity index is 240. The van der Waals surface area contributed by atoms with Crippen LogP contribution in [0.2, 0.25) is 0 Å². The highest BCUT2D eigenvalue weighted by molar-refractivity contribution is 7.80. The molecule has 8 heteroatoms. The van der Waals surface area contributed by atoms with Gasteiger partial charge in [0.1, 0.15) is 18.3 Å². The maximum atomic E-state index is 9.49. The van der Waals surface area contributed by atoms with E-state index in [-0.39, 0.29) is 5.17 Å². The molecule has 0 spiro atoms. The van der Waals surface area contributed by atoms with Crippen molar-refractivity contribution in [1.29, 1.82) is 0 Å². The molecule has 5 atom stereocenters. The topological polar surface area (TPSA) is 122 Å². The Morgan fingerprint density at radius 2 is 2.00 bits per heavy atom. The summed E-state index contributed by atoms with van der Waals surface area (Å²) in [6.45, 7) is -0.671. The Morgan fingerprint density at radius 3 is 2.53 bits per heavy atom. The van der Waals surface area contributed by atoms with Gasteiger partial charge in [-0.2, -0.15) is 0 Å². The van der Waals surface area contributed by atoms with Crippen LogP contribution in [0.4, 0.5) is 0 Å². The maximum absolute atomic E-state index is 9.49. The first-order valence-corrected chi connectivity index (χ1v) is 4.68. The zero-order chi connectivity index (χ0) is 11.6. The van der Waals surface area contributed by atoms with Crippen molar-refractivity contribution in [1.82, 2.24) is 5.32 Å². The quantitative estimate of drug-likeness (QED) is 0.282. The predicted octanol–water partition coefficient (Wildman–Crippen LogP) is -3.35. The lowest BCUT2D eigenvalue weighted by molar-refractivity contribution is -0.162. The fourth-order valence-corrected chi connectivity index (χ4v) is 1.48. The fourth-order valence-electron chi connectivity index (χ4n) is 1.25. The van der Waals surface area contributed by atoms with Crippen LogP contribution in [0.15, 0.2) is 0 Å². The van der Waals surface area contributed by atoms with E-state index in [1.165, 1.54) is 0 Å². The highest BCUT2D eigenvalue weighted by Gasteiger charge is 2.40. The number of ether oxygens (including phenoxy) is 1. The van der Waals surface area contributed by atoms with Gasteiger partial charge in [0.15, 0.2) is 0 Å². The molecule has 0 saturated carbocycles. The summed E-state index contributed by atoms with van der Waals surface area (Å²) in [6.07, 6.45) is -5.93. The first-order valence-electron chi connectivity index (χ1n) is 4.27. The highest BCUT2D eigenvalue weighted by atomic mass is 32.1. The maximum Gasteiger partial charge on any atom is 0.259 e. The highest BCUT2D eigenvalue weighted by Crippen LogP contribution is 2.14. The van der Waals surface area contributed by atoms with Gasteiger partial charge in [-0.25, -0.2) is 0 Å². The standard InChI is InChI=1S/C7H13NO6S/c9-1-2(10)4(11)3-5(12)6(13)14-7(15)8-3/h2-6,9-13H,1H2,(H,8,15)/t2-,3+,4-,5-,6?/m1/s1. The Labute approximate surface area is 90.9 Å². The molecule has 1 rings (SSSR count). The zero-order valence-electron chi connectivity index (χ0n) is 7.65. The molecule has 1 saturated heterocycles. The number of hydrogen-bond acceptors (Lipinski definition) is 7. The van der Waals surface area contributed by atoms with Crippen LogP contribution in [-0.2, 0) is 4.74 Å². The Kier molecular flexibility index (Phi) is 4.20. The summed E-state index contributed by atoms with van der Waals surface area (Å²) in [7, 11) is 0. The summed E-state index contributed by atoms with van der Waals surface area (Å²) in [5, 5.41) is 48.0. The average Bonchev–Trinajstić information content (AvgIpc) is 2.21. The number of aliphatic hydroxyl groups excluding tert-OH is 5. The van der Waals surface area contributed by atoms with Gasteiger partial charge in [0, 0.05) is 0 Å². The third-order valence-corrected chi connectivity index (χ3v) is 2.34. The molecule has 0 radical (unpaired) electrons.